The second kappa shape index (κ2) is 5.67. The van der Waals surface area contributed by atoms with E-state index in [-0.39, 0.29) is 6.03 Å². The van der Waals surface area contributed by atoms with Gasteiger partial charge in [0.1, 0.15) is 0 Å². The van der Waals surface area contributed by atoms with E-state index in [1.54, 1.807) is 11.3 Å². The lowest BCUT2D eigenvalue weighted by Crippen LogP contribution is -2.49. The maximum atomic E-state index is 11.5. The average molecular weight is 269 g/mol. The van der Waals surface area contributed by atoms with Gasteiger partial charge in [-0.1, -0.05) is 6.92 Å². The number of nitrogens with one attached hydrogen (secondary N) is 2. The van der Waals surface area contributed by atoms with Gasteiger partial charge in [0.05, 0.1) is 22.8 Å². The average Bonchev–Trinajstić information content (AvgIpc) is 2.79. The van der Waals surface area contributed by atoms with Crippen molar-refractivity contribution < 1.29 is 9.90 Å². The molecule has 1 aromatic heterocycles. The van der Waals surface area contributed by atoms with Gasteiger partial charge in [-0.25, -0.2) is 9.78 Å². The van der Waals surface area contributed by atoms with E-state index in [2.05, 4.69) is 22.5 Å². The monoisotopic (exact) mass is 269 g/mol. The van der Waals surface area contributed by atoms with E-state index >= 15 is 0 Å². The summed E-state index contributed by atoms with van der Waals surface area (Å²) in [5.41, 5.74) is 0.210. The number of nitrogens with zero attached hydrogens (tertiary/aromatic N) is 1. The van der Waals surface area contributed by atoms with Crippen LogP contribution in [0.1, 0.15) is 36.9 Å². The van der Waals surface area contributed by atoms with E-state index in [4.69, 9.17) is 0 Å². The molecule has 1 fully saturated rings. The molecule has 1 aliphatic carbocycles. The van der Waals surface area contributed by atoms with Gasteiger partial charge in [0.25, 0.3) is 0 Å². The van der Waals surface area contributed by atoms with E-state index in [1.807, 2.05) is 5.38 Å². The summed E-state index contributed by atoms with van der Waals surface area (Å²) in [7, 11) is 0. The molecular formula is C12H19N3O2S. The van der Waals surface area contributed by atoms with Crippen LogP contribution in [-0.4, -0.2) is 28.3 Å². The van der Waals surface area contributed by atoms with Crippen molar-refractivity contribution in [2.24, 2.45) is 0 Å². The van der Waals surface area contributed by atoms with Crippen molar-refractivity contribution in [2.45, 2.75) is 44.8 Å². The van der Waals surface area contributed by atoms with E-state index in [9.17, 15) is 9.90 Å². The standard InChI is InChI=1S/C12H19N3O2S/c1-2-10-15-9(7-18-10)6-13-11(16)14-8-12(17)4-3-5-12/h7,17H,2-6,8H2,1H3,(H2,13,14,16). The molecule has 1 saturated carbocycles. The highest BCUT2D eigenvalue weighted by molar-refractivity contribution is 7.09. The number of carbonyl (C=O) groups is 1. The second-order valence-electron chi connectivity index (χ2n) is 4.70. The molecule has 1 aromatic rings. The minimum absolute atomic E-state index is 0.249. The Bertz CT molecular complexity index is 415. The lowest BCUT2D eigenvalue weighted by atomic mass is 9.80. The van der Waals surface area contributed by atoms with Crippen LogP contribution < -0.4 is 10.6 Å². The minimum Gasteiger partial charge on any atom is -0.388 e. The molecule has 18 heavy (non-hydrogen) atoms. The van der Waals surface area contributed by atoms with E-state index in [0.717, 1.165) is 36.4 Å². The Balaban J connectivity index is 1.68. The van der Waals surface area contributed by atoms with Gasteiger partial charge < -0.3 is 15.7 Å². The molecule has 3 N–H and O–H groups in total. The maximum Gasteiger partial charge on any atom is 0.315 e. The van der Waals surface area contributed by atoms with Crippen LogP contribution in [0.25, 0.3) is 0 Å². The molecule has 0 aliphatic heterocycles. The summed E-state index contributed by atoms with van der Waals surface area (Å²) in [6.07, 6.45) is 3.51. The Morgan fingerprint density at radius 1 is 1.56 bits per heavy atom. The summed E-state index contributed by atoms with van der Waals surface area (Å²) in [5, 5.41) is 18.3. The van der Waals surface area contributed by atoms with Crippen LogP contribution in [0.15, 0.2) is 5.38 Å². The highest BCUT2D eigenvalue weighted by Gasteiger charge is 2.34. The van der Waals surface area contributed by atoms with Crippen LogP contribution >= 0.6 is 11.3 Å². The molecule has 1 heterocycles. The van der Waals surface area contributed by atoms with Crippen molar-refractivity contribution in [3.8, 4) is 0 Å². The fraction of sp³-hybridized carbons (Fsp3) is 0.667. The van der Waals surface area contributed by atoms with Gasteiger partial charge in [0, 0.05) is 11.9 Å². The van der Waals surface area contributed by atoms with Crippen LogP contribution in [-0.2, 0) is 13.0 Å². The van der Waals surface area contributed by atoms with Gasteiger partial charge in [-0.2, -0.15) is 0 Å². The molecule has 2 amide bonds. The Morgan fingerprint density at radius 2 is 2.33 bits per heavy atom. The van der Waals surface area contributed by atoms with Crippen molar-refractivity contribution in [2.75, 3.05) is 6.54 Å². The lowest BCUT2D eigenvalue weighted by Gasteiger charge is -2.36. The van der Waals surface area contributed by atoms with Gasteiger partial charge >= 0.3 is 6.03 Å². The SMILES string of the molecule is CCc1nc(CNC(=O)NCC2(O)CCC2)cs1. The van der Waals surface area contributed by atoms with Crippen molar-refractivity contribution in [1.82, 2.24) is 15.6 Å². The van der Waals surface area contributed by atoms with Gasteiger partial charge in [-0.05, 0) is 25.7 Å². The Kier molecular flexibility index (Phi) is 4.19. The highest BCUT2D eigenvalue weighted by Crippen LogP contribution is 2.30. The lowest BCUT2D eigenvalue weighted by molar-refractivity contribution is -0.0290. The van der Waals surface area contributed by atoms with Crippen molar-refractivity contribution in [3.05, 3.63) is 16.1 Å². The van der Waals surface area contributed by atoms with Gasteiger partial charge in [-0.3, -0.25) is 0 Å². The van der Waals surface area contributed by atoms with Crippen LogP contribution in [0, 0.1) is 0 Å². The molecule has 0 saturated heterocycles. The third-order valence-corrected chi connectivity index (χ3v) is 4.24. The van der Waals surface area contributed by atoms with Crippen molar-refractivity contribution in [3.63, 3.8) is 0 Å². The molecular weight excluding hydrogens is 250 g/mol. The van der Waals surface area contributed by atoms with Crippen LogP contribution in [0.3, 0.4) is 0 Å². The molecule has 0 bridgehead atoms. The predicted molar refractivity (Wildman–Crippen MR) is 70.5 cm³/mol. The molecule has 0 spiro atoms. The maximum absolute atomic E-state index is 11.5. The van der Waals surface area contributed by atoms with Crippen molar-refractivity contribution >= 4 is 17.4 Å². The molecule has 0 radical (unpaired) electrons. The van der Waals surface area contributed by atoms with E-state index in [0.29, 0.717) is 13.1 Å². The third-order valence-electron chi connectivity index (χ3n) is 3.19. The largest absolute Gasteiger partial charge is 0.388 e. The number of hydrogen-bond donors (Lipinski definition) is 3. The van der Waals surface area contributed by atoms with E-state index in [1.165, 1.54) is 0 Å². The third kappa shape index (κ3) is 3.43. The Hall–Kier alpha value is -1.14. The first kappa shape index (κ1) is 13.3. The fourth-order valence-electron chi connectivity index (χ4n) is 1.83. The summed E-state index contributed by atoms with van der Waals surface area (Å²) in [4.78, 5) is 15.9. The first-order valence-electron chi connectivity index (χ1n) is 6.29. The van der Waals surface area contributed by atoms with Crippen molar-refractivity contribution in [1.29, 1.82) is 0 Å². The highest BCUT2D eigenvalue weighted by atomic mass is 32.1. The zero-order chi connectivity index (χ0) is 13.0. The molecule has 0 aromatic carbocycles. The first-order valence-corrected chi connectivity index (χ1v) is 7.17. The number of thiazole rings is 1. The van der Waals surface area contributed by atoms with Gasteiger partial charge in [0.2, 0.25) is 0 Å². The number of rotatable bonds is 5. The number of aromatic nitrogens is 1. The number of aliphatic hydroxyl groups is 1. The molecule has 0 unspecified atom stereocenters. The Morgan fingerprint density at radius 3 is 2.89 bits per heavy atom. The summed E-state index contributed by atoms with van der Waals surface area (Å²) < 4.78 is 0. The predicted octanol–water partition coefficient (Wildman–Crippen LogP) is 1.42. The second-order valence-corrected chi connectivity index (χ2v) is 5.64. The molecule has 1 aliphatic rings. The van der Waals surface area contributed by atoms with Gasteiger partial charge in [-0.15, -0.1) is 11.3 Å². The molecule has 2 rings (SSSR count). The normalized spacial score (nSPS) is 17.0. The summed E-state index contributed by atoms with van der Waals surface area (Å²) >= 11 is 1.61. The number of aryl methyl sites for hydroxylation is 1. The van der Waals surface area contributed by atoms with Crippen LogP contribution in [0.2, 0.25) is 0 Å². The Labute approximate surface area is 111 Å². The minimum atomic E-state index is -0.673. The quantitative estimate of drug-likeness (QED) is 0.757. The summed E-state index contributed by atoms with van der Waals surface area (Å²) in [5.74, 6) is 0. The summed E-state index contributed by atoms with van der Waals surface area (Å²) in [6, 6.07) is -0.249. The fourth-order valence-corrected chi connectivity index (χ4v) is 2.58. The molecule has 6 heteroatoms. The van der Waals surface area contributed by atoms with E-state index < -0.39 is 5.60 Å². The summed E-state index contributed by atoms with van der Waals surface area (Å²) in [6.45, 7) is 2.82. The molecule has 0 atom stereocenters. The van der Waals surface area contributed by atoms with Gasteiger partial charge in [0.15, 0.2) is 0 Å². The van der Waals surface area contributed by atoms with Crippen LogP contribution in [0.5, 0.6) is 0 Å². The molecule has 5 nitrogen and oxygen atoms in total. The molecule has 100 valence electrons. The zero-order valence-electron chi connectivity index (χ0n) is 10.5. The topological polar surface area (TPSA) is 74.2 Å². The number of carbonyl (C=O) groups excluding carboxylic acids is 1. The number of urea groups is 1. The number of hydrogen-bond acceptors (Lipinski definition) is 4. The number of amides is 2. The van der Waals surface area contributed by atoms with Crippen LogP contribution in [0.4, 0.5) is 4.79 Å². The smallest absolute Gasteiger partial charge is 0.315 e. The zero-order valence-corrected chi connectivity index (χ0v) is 11.3. The first-order chi connectivity index (χ1) is 8.61.